The minimum atomic E-state index is -4.71. The third-order valence-electron chi connectivity index (χ3n) is 3.61. The molecule has 0 saturated heterocycles. The summed E-state index contributed by atoms with van der Waals surface area (Å²) in [5, 5.41) is 2.60. The van der Waals surface area contributed by atoms with Crippen molar-refractivity contribution in [2.45, 2.75) is 38.4 Å². The second-order valence-electron chi connectivity index (χ2n) is 4.87. The monoisotopic (exact) mass is 306 g/mol. The smallest absolute Gasteiger partial charge is 0.345 e. The zero-order valence-electron chi connectivity index (χ0n) is 11.9. The number of rotatable bonds is 5. The highest BCUT2D eigenvalue weighted by molar-refractivity contribution is 5.95. The maximum atomic E-state index is 13.3. The molecule has 0 fully saturated rings. The van der Waals surface area contributed by atoms with E-state index in [-0.39, 0.29) is 12.1 Å². The van der Waals surface area contributed by atoms with E-state index < -0.39 is 29.0 Å². The standard InChI is InChI=1S/C14H18F4N2O/c1-3-13(4-2,8-19)20-12(21)9-5-10(14(16,17)18)7-11(15)6-9/h5-7H,3-4,8,19H2,1-2H3,(H,20,21). The summed E-state index contributed by atoms with van der Waals surface area (Å²) in [5.41, 5.74) is 3.34. The largest absolute Gasteiger partial charge is 0.416 e. The number of alkyl halides is 3. The first-order valence-electron chi connectivity index (χ1n) is 6.58. The Bertz CT molecular complexity index is 502. The molecule has 3 N–H and O–H groups in total. The Morgan fingerprint density at radius 2 is 1.76 bits per heavy atom. The van der Waals surface area contributed by atoms with E-state index in [1.54, 1.807) is 0 Å². The van der Waals surface area contributed by atoms with Gasteiger partial charge in [0.2, 0.25) is 0 Å². The number of benzene rings is 1. The molecule has 1 aromatic carbocycles. The molecule has 0 spiro atoms. The fourth-order valence-electron chi connectivity index (χ4n) is 1.96. The van der Waals surface area contributed by atoms with Crippen molar-refractivity contribution >= 4 is 5.91 Å². The van der Waals surface area contributed by atoms with Gasteiger partial charge in [-0.25, -0.2) is 4.39 Å². The van der Waals surface area contributed by atoms with Crippen LogP contribution in [-0.4, -0.2) is 18.0 Å². The zero-order valence-corrected chi connectivity index (χ0v) is 11.9. The Hall–Kier alpha value is -1.63. The van der Waals surface area contributed by atoms with Crippen molar-refractivity contribution in [1.82, 2.24) is 5.32 Å². The molecule has 0 aromatic heterocycles. The molecule has 7 heteroatoms. The summed E-state index contributed by atoms with van der Waals surface area (Å²) in [7, 11) is 0. The quantitative estimate of drug-likeness (QED) is 0.821. The fourth-order valence-corrected chi connectivity index (χ4v) is 1.96. The molecule has 0 saturated carbocycles. The molecule has 118 valence electrons. The van der Waals surface area contributed by atoms with Crippen LogP contribution in [0.15, 0.2) is 18.2 Å². The molecule has 21 heavy (non-hydrogen) atoms. The van der Waals surface area contributed by atoms with Crippen LogP contribution < -0.4 is 11.1 Å². The van der Waals surface area contributed by atoms with Gasteiger partial charge in [0, 0.05) is 12.1 Å². The van der Waals surface area contributed by atoms with Crippen LogP contribution in [-0.2, 0) is 6.18 Å². The van der Waals surface area contributed by atoms with Crippen LogP contribution in [0.3, 0.4) is 0 Å². The molecule has 0 bridgehead atoms. The number of carbonyl (C=O) groups is 1. The molecule has 0 unspecified atom stereocenters. The molecule has 0 radical (unpaired) electrons. The van der Waals surface area contributed by atoms with Crippen molar-refractivity contribution in [2.24, 2.45) is 5.73 Å². The predicted octanol–water partition coefficient (Wildman–Crippen LogP) is 3.09. The predicted molar refractivity (Wildman–Crippen MR) is 71.2 cm³/mol. The van der Waals surface area contributed by atoms with Crippen molar-refractivity contribution in [2.75, 3.05) is 6.54 Å². The maximum absolute atomic E-state index is 13.3. The number of hydrogen-bond acceptors (Lipinski definition) is 2. The average molecular weight is 306 g/mol. The zero-order chi connectivity index (χ0) is 16.3. The summed E-state index contributed by atoms with van der Waals surface area (Å²) in [5.74, 6) is -1.88. The molecule has 0 aliphatic heterocycles. The number of hydrogen-bond donors (Lipinski definition) is 2. The van der Waals surface area contributed by atoms with Crippen molar-refractivity contribution in [3.05, 3.63) is 35.1 Å². The van der Waals surface area contributed by atoms with Crippen molar-refractivity contribution in [1.29, 1.82) is 0 Å². The number of nitrogens with two attached hydrogens (primary N) is 1. The number of carbonyl (C=O) groups excluding carboxylic acids is 1. The van der Waals surface area contributed by atoms with Crippen molar-refractivity contribution < 1.29 is 22.4 Å². The van der Waals surface area contributed by atoms with E-state index in [9.17, 15) is 22.4 Å². The SMILES string of the molecule is CCC(CC)(CN)NC(=O)c1cc(F)cc(C(F)(F)F)c1. The molecular weight excluding hydrogens is 288 g/mol. The summed E-state index contributed by atoms with van der Waals surface area (Å²) in [4.78, 5) is 12.1. The van der Waals surface area contributed by atoms with E-state index in [1.807, 2.05) is 13.8 Å². The van der Waals surface area contributed by atoms with Gasteiger partial charge in [0.25, 0.3) is 5.91 Å². The molecule has 1 amide bonds. The third-order valence-corrected chi connectivity index (χ3v) is 3.61. The number of halogens is 4. The van der Waals surface area contributed by atoms with Crippen molar-refractivity contribution in [3.63, 3.8) is 0 Å². The van der Waals surface area contributed by atoms with Crippen LogP contribution in [0.25, 0.3) is 0 Å². The van der Waals surface area contributed by atoms with E-state index in [4.69, 9.17) is 5.73 Å². The van der Waals surface area contributed by atoms with Crippen LogP contribution in [0.5, 0.6) is 0 Å². The van der Waals surface area contributed by atoms with Crippen LogP contribution in [0.4, 0.5) is 17.6 Å². The van der Waals surface area contributed by atoms with Crippen LogP contribution in [0, 0.1) is 5.82 Å². The summed E-state index contributed by atoms with van der Waals surface area (Å²) in [6, 6.07) is 1.76. The first-order chi connectivity index (χ1) is 9.67. The summed E-state index contributed by atoms with van der Waals surface area (Å²) in [6.45, 7) is 3.76. The minimum absolute atomic E-state index is 0.146. The number of nitrogens with one attached hydrogen (secondary N) is 1. The molecule has 3 nitrogen and oxygen atoms in total. The summed E-state index contributed by atoms with van der Waals surface area (Å²) >= 11 is 0. The normalized spacial score (nSPS) is 12.3. The molecule has 0 aliphatic carbocycles. The summed E-state index contributed by atoms with van der Waals surface area (Å²) < 4.78 is 51.2. The fraction of sp³-hybridized carbons (Fsp3) is 0.500. The van der Waals surface area contributed by atoms with Crippen molar-refractivity contribution in [3.8, 4) is 0 Å². The Morgan fingerprint density at radius 1 is 1.19 bits per heavy atom. The molecule has 1 aromatic rings. The highest BCUT2D eigenvalue weighted by atomic mass is 19.4. The Balaban J connectivity index is 3.11. The second kappa shape index (κ2) is 6.43. The Labute approximate surface area is 120 Å². The van der Waals surface area contributed by atoms with E-state index in [2.05, 4.69) is 5.32 Å². The van der Waals surface area contributed by atoms with E-state index in [1.165, 1.54) is 0 Å². The third kappa shape index (κ3) is 4.17. The molecule has 0 atom stereocenters. The molecule has 1 rings (SSSR count). The van der Waals surface area contributed by atoms with Gasteiger partial charge in [-0.1, -0.05) is 13.8 Å². The molecule has 0 aliphatic rings. The van der Waals surface area contributed by atoms with Gasteiger partial charge in [-0.3, -0.25) is 4.79 Å². The molecular formula is C14H18F4N2O. The lowest BCUT2D eigenvalue weighted by atomic mass is 9.92. The van der Waals surface area contributed by atoms with E-state index in [0.717, 1.165) is 6.07 Å². The highest BCUT2D eigenvalue weighted by Gasteiger charge is 2.33. The van der Waals surface area contributed by atoms with Gasteiger partial charge < -0.3 is 11.1 Å². The molecule has 0 heterocycles. The first kappa shape index (κ1) is 17.4. The lowest BCUT2D eigenvalue weighted by molar-refractivity contribution is -0.137. The van der Waals surface area contributed by atoms with Gasteiger partial charge in [-0.05, 0) is 31.0 Å². The van der Waals surface area contributed by atoms with Crippen LogP contribution in [0.1, 0.15) is 42.6 Å². The van der Waals surface area contributed by atoms with Crippen LogP contribution >= 0.6 is 0 Å². The van der Waals surface area contributed by atoms with Gasteiger partial charge in [-0.2, -0.15) is 13.2 Å². The highest BCUT2D eigenvalue weighted by Crippen LogP contribution is 2.30. The van der Waals surface area contributed by atoms with Crippen LogP contribution in [0.2, 0.25) is 0 Å². The average Bonchev–Trinajstić information content (AvgIpc) is 2.43. The minimum Gasteiger partial charge on any atom is -0.345 e. The van der Waals surface area contributed by atoms with Gasteiger partial charge in [-0.15, -0.1) is 0 Å². The topological polar surface area (TPSA) is 55.1 Å². The lowest BCUT2D eigenvalue weighted by Gasteiger charge is -2.31. The maximum Gasteiger partial charge on any atom is 0.416 e. The van der Waals surface area contributed by atoms with E-state index in [0.29, 0.717) is 25.0 Å². The lowest BCUT2D eigenvalue weighted by Crippen LogP contribution is -2.52. The van der Waals surface area contributed by atoms with Gasteiger partial charge in [0.05, 0.1) is 11.1 Å². The van der Waals surface area contributed by atoms with Gasteiger partial charge >= 0.3 is 6.18 Å². The van der Waals surface area contributed by atoms with Gasteiger partial charge in [0.1, 0.15) is 5.82 Å². The second-order valence-corrected chi connectivity index (χ2v) is 4.87. The number of amides is 1. The Kier molecular flexibility index (Phi) is 5.33. The van der Waals surface area contributed by atoms with E-state index >= 15 is 0 Å². The Morgan fingerprint density at radius 3 is 2.19 bits per heavy atom. The summed E-state index contributed by atoms with van der Waals surface area (Å²) in [6.07, 6.45) is -3.67. The first-order valence-corrected chi connectivity index (χ1v) is 6.58. The van der Waals surface area contributed by atoms with Gasteiger partial charge in [0.15, 0.2) is 0 Å².